The first-order valence-corrected chi connectivity index (χ1v) is 20.7. The van der Waals surface area contributed by atoms with Crippen molar-refractivity contribution in [2.45, 2.75) is 185 Å². The van der Waals surface area contributed by atoms with E-state index in [0.29, 0.717) is 19.1 Å². The normalized spacial score (nSPS) is 39.7. The minimum absolute atomic E-state index is 0.0369. The van der Waals surface area contributed by atoms with E-state index < -0.39 is 121 Å². The fourth-order valence-corrected chi connectivity index (χ4v) is 8.00. The first kappa shape index (κ1) is 50.5. The third-order valence-electron chi connectivity index (χ3n) is 11.2. The fourth-order valence-electron chi connectivity index (χ4n) is 8.00. The van der Waals surface area contributed by atoms with Crippen LogP contribution in [0, 0.1) is 11.8 Å². The molecule has 3 rings (SSSR count). The van der Waals surface area contributed by atoms with Crippen LogP contribution in [-0.4, -0.2) is 156 Å². The van der Waals surface area contributed by atoms with Gasteiger partial charge in [0.2, 0.25) is 0 Å². The minimum Gasteiger partial charge on any atom is -0.462 e. The average molecular weight is 844 g/mol. The Morgan fingerprint density at radius 3 is 2.25 bits per heavy atom. The molecule has 3 aliphatic rings. The second kappa shape index (κ2) is 22.8. The third-order valence-corrected chi connectivity index (χ3v) is 11.2. The molecule has 0 aromatic heterocycles. The van der Waals surface area contributed by atoms with Crippen LogP contribution in [0.1, 0.15) is 99.8 Å². The number of aliphatic hydroxyl groups is 4. The highest BCUT2D eigenvalue weighted by atomic mass is 16.7. The summed E-state index contributed by atoms with van der Waals surface area (Å²) in [7, 11) is 4.77. The summed E-state index contributed by atoms with van der Waals surface area (Å²) in [6.45, 7) is 11.6. The maximum Gasteiger partial charge on any atom is 0.309 e. The molecule has 3 aliphatic heterocycles. The van der Waals surface area contributed by atoms with Gasteiger partial charge in [0, 0.05) is 45.1 Å². The zero-order valence-corrected chi connectivity index (χ0v) is 36.3. The quantitative estimate of drug-likeness (QED) is 0.0904. The number of allylic oxidation sites excluding steroid dienone is 2. The van der Waals surface area contributed by atoms with Gasteiger partial charge in [0.25, 0.3) is 0 Å². The average Bonchev–Trinajstić information content (AvgIpc) is 3.13. The van der Waals surface area contributed by atoms with Crippen molar-refractivity contribution in [1.82, 2.24) is 4.90 Å². The molecule has 338 valence electrons. The summed E-state index contributed by atoms with van der Waals surface area (Å²) < 4.78 is 48.5. The molecule has 59 heavy (non-hydrogen) atoms. The fraction of sp³-hybridized carbons (Fsp3) is 0.810. The van der Waals surface area contributed by atoms with Gasteiger partial charge in [0.15, 0.2) is 24.5 Å². The number of hydrogen-bond acceptors (Lipinski definition) is 17. The monoisotopic (exact) mass is 843 g/mol. The van der Waals surface area contributed by atoms with Gasteiger partial charge in [-0.05, 0) is 66.6 Å². The lowest BCUT2D eigenvalue weighted by atomic mass is 9.81. The van der Waals surface area contributed by atoms with E-state index in [-0.39, 0.29) is 32.1 Å². The lowest BCUT2D eigenvalue weighted by Gasteiger charge is -2.50. The number of carbonyl (C=O) groups excluding carboxylic acids is 4. The van der Waals surface area contributed by atoms with Gasteiger partial charge < -0.3 is 68.0 Å². The highest BCUT2D eigenvalue weighted by molar-refractivity contribution is 5.72. The Balaban J connectivity index is 2.03. The van der Waals surface area contributed by atoms with Crippen molar-refractivity contribution in [1.29, 1.82) is 0 Å². The number of aldehydes is 1. The topological polar surface area (TPSA) is 226 Å². The van der Waals surface area contributed by atoms with E-state index in [9.17, 15) is 39.6 Å². The first-order valence-electron chi connectivity index (χ1n) is 20.7. The van der Waals surface area contributed by atoms with E-state index in [1.54, 1.807) is 72.7 Å². The Labute approximate surface area is 348 Å². The largest absolute Gasteiger partial charge is 0.462 e. The molecular formula is C42H69NO16. The van der Waals surface area contributed by atoms with Crippen LogP contribution >= 0.6 is 0 Å². The summed E-state index contributed by atoms with van der Waals surface area (Å²) in [4.78, 5) is 52.5. The number of methoxy groups -OCH3 is 1. The predicted octanol–water partition coefficient (Wildman–Crippen LogP) is 2.48. The zero-order valence-electron chi connectivity index (χ0n) is 36.3. The van der Waals surface area contributed by atoms with E-state index in [0.717, 1.165) is 0 Å². The summed E-state index contributed by atoms with van der Waals surface area (Å²) >= 11 is 0. The van der Waals surface area contributed by atoms with Crippen LogP contribution < -0.4 is 0 Å². The van der Waals surface area contributed by atoms with Crippen molar-refractivity contribution in [3.8, 4) is 0 Å². The van der Waals surface area contributed by atoms with Crippen LogP contribution in [0.2, 0.25) is 0 Å². The van der Waals surface area contributed by atoms with Crippen LogP contribution in [-0.2, 0) is 57.1 Å². The Morgan fingerprint density at radius 2 is 1.66 bits per heavy atom. The van der Waals surface area contributed by atoms with Gasteiger partial charge in [0.05, 0.1) is 30.8 Å². The van der Waals surface area contributed by atoms with Crippen molar-refractivity contribution in [3.63, 3.8) is 0 Å². The van der Waals surface area contributed by atoms with Crippen molar-refractivity contribution < 1.29 is 77.5 Å². The number of esters is 3. The number of aliphatic hydroxyl groups excluding tert-OH is 1. The summed E-state index contributed by atoms with van der Waals surface area (Å²) in [5, 5.41) is 45.7. The molecule has 0 amide bonds. The molecule has 15 atom stereocenters. The van der Waals surface area contributed by atoms with Gasteiger partial charge in [-0.2, -0.15) is 0 Å². The maximum absolute atomic E-state index is 13.3. The molecule has 2 saturated heterocycles. The lowest BCUT2D eigenvalue weighted by Crippen LogP contribution is -2.66. The standard InChI is InChI=1S/C42H69NO16/c1-11-16-31(46)57-39-27(6)54-33(23-41(39,7)49)58-36-26(5)55-40(35(48)34(36)43(8)9)59-37-28(18-20-44)21-24(3)42(50,51)19-15-13-14-17-25(4)53-32(47)22-29(38(37)52-10)56-30(45)12-2/h13-15,19-20,24-29,33-40,48-51H,11-12,16-18,21-23H2,1-10H3/b14-13+,19-15+/t24?,25-,26-,27+,28+,29+,33+,34-,35-,36-,37+,38+,39+,40+,41-/m1/s1. The van der Waals surface area contributed by atoms with Crippen molar-refractivity contribution in [3.05, 3.63) is 24.3 Å². The summed E-state index contributed by atoms with van der Waals surface area (Å²) in [6, 6.07) is -0.825. The molecule has 1 unspecified atom stereocenters. The minimum atomic E-state index is -2.34. The smallest absolute Gasteiger partial charge is 0.309 e. The summed E-state index contributed by atoms with van der Waals surface area (Å²) in [6.07, 6.45) is -4.77. The van der Waals surface area contributed by atoms with Gasteiger partial charge in [-0.15, -0.1) is 0 Å². The van der Waals surface area contributed by atoms with Gasteiger partial charge >= 0.3 is 17.9 Å². The van der Waals surface area contributed by atoms with E-state index in [1.807, 2.05) is 6.92 Å². The zero-order chi connectivity index (χ0) is 44.2. The highest BCUT2D eigenvalue weighted by Gasteiger charge is 2.53. The summed E-state index contributed by atoms with van der Waals surface area (Å²) in [5.74, 6) is -5.90. The molecule has 17 heteroatoms. The van der Waals surface area contributed by atoms with Gasteiger partial charge in [-0.1, -0.05) is 39.0 Å². The molecule has 2 fully saturated rings. The van der Waals surface area contributed by atoms with Crippen LogP contribution in [0.15, 0.2) is 24.3 Å². The lowest BCUT2D eigenvalue weighted by molar-refractivity contribution is -0.344. The second-order valence-electron chi connectivity index (χ2n) is 16.5. The molecule has 3 heterocycles. The molecule has 0 aromatic carbocycles. The number of nitrogens with zero attached hydrogens (tertiary/aromatic N) is 1. The van der Waals surface area contributed by atoms with Gasteiger partial charge in [-0.25, -0.2) is 0 Å². The van der Waals surface area contributed by atoms with Gasteiger partial charge in [-0.3, -0.25) is 14.4 Å². The number of carbonyl (C=O) groups is 4. The van der Waals surface area contributed by atoms with Crippen LogP contribution in [0.25, 0.3) is 0 Å². The van der Waals surface area contributed by atoms with E-state index in [4.69, 9.17) is 37.9 Å². The molecule has 4 N–H and O–H groups in total. The number of cyclic esters (lactones) is 1. The molecule has 0 saturated carbocycles. The van der Waals surface area contributed by atoms with Crippen LogP contribution in [0.5, 0.6) is 0 Å². The van der Waals surface area contributed by atoms with Crippen molar-refractivity contribution in [2.24, 2.45) is 11.8 Å². The van der Waals surface area contributed by atoms with E-state index >= 15 is 0 Å². The Morgan fingerprint density at radius 1 is 0.966 bits per heavy atom. The highest BCUT2D eigenvalue weighted by Crippen LogP contribution is 2.38. The number of hydrogen-bond donors (Lipinski definition) is 4. The molecule has 0 aromatic rings. The Bertz CT molecular complexity index is 1420. The third kappa shape index (κ3) is 14.1. The Hall–Kier alpha value is -2.84. The molecule has 0 bridgehead atoms. The molecule has 0 aliphatic carbocycles. The van der Waals surface area contributed by atoms with Crippen molar-refractivity contribution >= 4 is 24.2 Å². The first-order chi connectivity index (χ1) is 27.7. The number of rotatable bonds is 13. The summed E-state index contributed by atoms with van der Waals surface area (Å²) in [5.41, 5.74) is -1.51. The maximum atomic E-state index is 13.3. The number of likely N-dealkylation sites (N-methyl/N-ethyl adjacent to an activating group) is 1. The predicted molar refractivity (Wildman–Crippen MR) is 211 cm³/mol. The second-order valence-corrected chi connectivity index (χ2v) is 16.5. The Kier molecular flexibility index (Phi) is 19.6. The SMILES string of the molecule is CCCC(=O)O[C@H]1[C@H](C)O[C@@H](O[C@H]2[C@H](N(C)C)[C@@H](O)[C@H](O[C@H]3[C@@H](CC=O)CC(C)C(O)(O)/C=C/C=C/C[C@@H](C)OC(=O)C[C@H](OC(=O)CC)[C@@H]3OC)O[C@@H]2C)C[C@@]1(C)O. The molecule has 0 spiro atoms. The van der Waals surface area contributed by atoms with E-state index in [1.165, 1.54) is 19.3 Å². The van der Waals surface area contributed by atoms with Crippen molar-refractivity contribution in [2.75, 3.05) is 21.2 Å². The van der Waals surface area contributed by atoms with Crippen LogP contribution in [0.3, 0.4) is 0 Å². The molecule has 0 radical (unpaired) electrons. The molecule has 17 nitrogen and oxygen atoms in total. The van der Waals surface area contributed by atoms with E-state index in [2.05, 4.69) is 0 Å². The van der Waals surface area contributed by atoms with Gasteiger partial charge in [0.1, 0.15) is 42.4 Å². The number of ether oxygens (including phenoxy) is 8. The molecular weight excluding hydrogens is 774 g/mol. The van der Waals surface area contributed by atoms with Crippen LogP contribution in [0.4, 0.5) is 0 Å².